The van der Waals surface area contributed by atoms with E-state index in [-0.39, 0.29) is 12.4 Å². The molecule has 0 bridgehead atoms. The van der Waals surface area contributed by atoms with E-state index in [1.165, 1.54) is 6.20 Å². The summed E-state index contributed by atoms with van der Waals surface area (Å²) < 4.78 is 24.2. The molecule has 1 saturated heterocycles. The minimum absolute atomic E-state index is 0.0369. The van der Waals surface area contributed by atoms with Crippen molar-refractivity contribution in [2.45, 2.75) is 13.0 Å². The van der Waals surface area contributed by atoms with Crippen molar-refractivity contribution in [3.63, 3.8) is 0 Å². The van der Waals surface area contributed by atoms with Crippen molar-refractivity contribution in [2.75, 3.05) is 19.8 Å². The second-order valence-corrected chi connectivity index (χ2v) is 3.83. The monoisotopic (exact) mass is 226 g/mol. The summed E-state index contributed by atoms with van der Waals surface area (Å²) in [6.07, 6.45) is 2.46. The predicted molar refractivity (Wildman–Crippen MR) is 56.5 cm³/mol. The van der Waals surface area contributed by atoms with Crippen LogP contribution in [0.4, 0.5) is 4.39 Å². The Hall–Kier alpha value is -1.20. The van der Waals surface area contributed by atoms with Crippen LogP contribution in [0.15, 0.2) is 12.3 Å². The maximum absolute atomic E-state index is 13.6. The van der Waals surface area contributed by atoms with Gasteiger partial charge in [0.1, 0.15) is 0 Å². The Balaban J connectivity index is 1.97. The molecular formula is C11H15FN2O2. The van der Waals surface area contributed by atoms with Gasteiger partial charge < -0.3 is 15.2 Å². The number of rotatable bonds is 4. The third-order valence-corrected chi connectivity index (χ3v) is 2.64. The van der Waals surface area contributed by atoms with Crippen LogP contribution in [0.5, 0.6) is 5.88 Å². The molecule has 0 saturated carbocycles. The van der Waals surface area contributed by atoms with Crippen molar-refractivity contribution in [1.29, 1.82) is 0 Å². The van der Waals surface area contributed by atoms with Gasteiger partial charge in [-0.25, -0.2) is 9.37 Å². The van der Waals surface area contributed by atoms with E-state index in [1.807, 2.05) is 0 Å². The van der Waals surface area contributed by atoms with Gasteiger partial charge in [-0.1, -0.05) is 0 Å². The number of nitrogens with two attached hydrogens (primary N) is 1. The van der Waals surface area contributed by atoms with Gasteiger partial charge in [-0.3, -0.25) is 0 Å². The lowest BCUT2D eigenvalue weighted by molar-refractivity contribution is 0.163. The highest BCUT2D eigenvalue weighted by atomic mass is 19.1. The molecule has 1 aliphatic heterocycles. The predicted octanol–water partition coefficient (Wildman–Crippen LogP) is 1.09. The molecule has 16 heavy (non-hydrogen) atoms. The molecular weight excluding hydrogens is 211 g/mol. The zero-order valence-corrected chi connectivity index (χ0v) is 8.99. The first kappa shape index (κ1) is 11.3. The Bertz CT molecular complexity index is 354. The van der Waals surface area contributed by atoms with Gasteiger partial charge in [0.2, 0.25) is 0 Å². The minimum Gasteiger partial charge on any atom is -0.475 e. The number of aromatic nitrogens is 1. The quantitative estimate of drug-likeness (QED) is 0.835. The topological polar surface area (TPSA) is 57.4 Å². The van der Waals surface area contributed by atoms with Crippen LogP contribution in [0.3, 0.4) is 0 Å². The lowest BCUT2D eigenvalue weighted by Crippen LogP contribution is -2.14. The van der Waals surface area contributed by atoms with Crippen molar-refractivity contribution in [1.82, 2.24) is 4.98 Å². The third-order valence-electron chi connectivity index (χ3n) is 2.64. The molecule has 1 atom stereocenters. The van der Waals surface area contributed by atoms with Crippen LogP contribution >= 0.6 is 0 Å². The zero-order valence-electron chi connectivity index (χ0n) is 8.99. The van der Waals surface area contributed by atoms with Gasteiger partial charge in [0, 0.05) is 30.8 Å². The lowest BCUT2D eigenvalue weighted by atomic mass is 10.1. The number of hydrogen-bond acceptors (Lipinski definition) is 4. The van der Waals surface area contributed by atoms with E-state index < -0.39 is 5.82 Å². The summed E-state index contributed by atoms with van der Waals surface area (Å²) in [4.78, 5) is 3.85. The molecule has 2 N–H and O–H groups in total. The van der Waals surface area contributed by atoms with E-state index in [1.54, 1.807) is 6.07 Å². The maximum Gasteiger partial charge on any atom is 0.250 e. The molecule has 0 amide bonds. The molecule has 1 aromatic heterocycles. The molecule has 1 unspecified atom stereocenters. The Morgan fingerprint density at radius 1 is 1.62 bits per heavy atom. The fraction of sp³-hybridized carbons (Fsp3) is 0.545. The number of hydrogen-bond donors (Lipinski definition) is 1. The standard InChI is InChI=1S/C11H15FN2O2/c12-10-9(5-13)1-3-14-11(10)16-7-8-2-4-15-6-8/h1,3,8H,2,4-7,13H2. The van der Waals surface area contributed by atoms with Crippen LogP contribution in [0.2, 0.25) is 0 Å². The number of pyridine rings is 1. The average molecular weight is 226 g/mol. The normalized spacial score (nSPS) is 20.0. The van der Waals surface area contributed by atoms with E-state index in [0.717, 1.165) is 13.0 Å². The molecule has 2 heterocycles. The fourth-order valence-electron chi connectivity index (χ4n) is 1.63. The zero-order chi connectivity index (χ0) is 11.4. The molecule has 0 aliphatic carbocycles. The summed E-state index contributed by atoms with van der Waals surface area (Å²) in [7, 11) is 0. The molecule has 0 aromatic carbocycles. The Kier molecular flexibility index (Phi) is 3.69. The van der Waals surface area contributed by atoms with E-state index in [9.17, 15) is 4.39 Å². The van der Waals surface area contributed by atoms with Crippen molar-refractivity contribution in [3.8, 4) is 5.88 Å². The van der Waals surface area contributed by atoms with Crippen molar-refractivity contribution < 1.29 is 13.9 Å². The van der Waals surface area contributed by atoms with Gasteiger partial charge in [0.25, 0.3) is 5.88 Å². The minimum atomic E-state index is -0.455. The molecule has 88 valence electrons. The summed E-state index contributed by atoms with van der Waals surface area (Å²) in [5, 5.41) is 0. The highest BCUT2D eigenvalue weighted by Gasteiger charge is 2.18. The Morgan fingerprint density at radius 2 is 2.50 bits per heavy atom. The van der Waals surface area contributed by atoms with Crippen LogP contribution in [-0.4, -0.2) is 24.8 Å². The van der Waals surface area contributed by atoms with Crippen LogP contribution < -0.4 is 10.5 Å². The fourth-order valence-corrected chi connectivity index (χ4v) is 1.63. The van der Waals surface area contributed by atoms with E-state index in [0.29, 0.717) is 24.7 Å². The number of nitrogens with zero attached hydrogens (tertiary/aromatic N) is 1. The highest BCUT2D eigenvalue weighted by Crippen LogP contribution is 2.19. The first-order chi connectivity index (χ1) is 7.81. The summed E-state index contributed by atoms with van der Waals surface area (Å²) in [5.74, 6) is -0.0819. The molecule has 0 radical (unpaired) electrons. The third kappa shape index (κ3) is 2.48. The molecule has 0 spiro atoms. The second-order valence-electron chi connectivity index (χ2n) is 3.83. The van der Waals surface area contributed by atoms with Crippen molar-refractivity contribution in [2.24, 2.45) is 11.7 Å². The summed E-state index contributed by atoms with van der Waals surface area (Å²) in [6, 6.07) is 1.56. The summed E-state index contributed by atoms with van der Waals surface area (Å²) in [6.45, 7) is 2.03. The molecule has 1 aliphatic rings. The van der Waals surface area contributed by atoms with Gasteiger partial charge in [-0.2, -0.15) is 0 Å². The molecule has 1 fully saturated rings. The smallest absolute Gasteiger partial charge is 0.250 e. The maximum atomic E-state index is 13.6. The SMILES string of the molecule is NCc1ccnc(OCC2CCOC2)c1F. The van der Waals surface area contributed by atoms with Crippen molar-refractivity contribution in [3.05, 3.63) is 23.6 Å². The second kappa shape index (κ2) is 5.23. The van der Waals surface area contributed by atoms with Crippen LogP contribution in [0, 0.1) is 11.7 Å². The van der Waals surface area contributed by atoms with Gasteiger partial charge in [0.05, 0.1) is 13.2 Å². The highest BCUT2D eigenvalue weighted by molar-refractivity contribution is 5.23. The first-order valence-electron chi connectivity index (χ1n) is 5.35. The van der Waals surface area contributed by atoms with E-state index in [2.05, 4.69) is 4.98 Å². The van der Waals surface area contributed by atoms with Crippen LogP contribution in [0.25, 0.3) is 0 Å². The summed E-state index contributed by atoms with van der Waals surface area (Å²) in [5.41, 5.74) is 5.82. The number of ether oxygens (including phenoxy) is 2. The molecule has 1 aromatic rings. The Morgan fingerprint density at radius 3 is 3.19 bits per heavy atom. The molecule has 4 nitrogen and oxygen atoms in total. The van der Waals surface area contributed by atoms with Crippen LogP contribution in [-0.2, 0) is 11.3 Å². The lowest BCUT2D eigenvalue weighted by Gasteiger charge is -2.11. The van der Waals surface area contributed by atoms with Gasteiger partial charge in [-0.15, -0.1) is 0 Å². The van der Waals surface area contributed by atoms with E-state index in [4.69, 9.17) is 15.2 Å². The van der Waals surface area contributed by atoms with E-state index >= 15 is 0 Å². The van der Waals surface area contributed by atoms with Gasteiger partial charge >= 0.3 is 0 Å². The van der Waals surface area contributed by atoms with Crippen molar-refractivity contribution >= 4 is 0 Å². The van der Waals surface area contributed by atoms with Crippen LogP contribution in [0.1, 0.15) is 12.0 Å². The Labute approximate surface area is 93.6 Å². The number of halogens is 1. The van der Waals surface area contributed by atoms with Gasteiger partial charge in [0.15, 0.2) is 5.82 Å². The first-order valence-corrected chi connectivity index (χ1v) is 5.35. The van der Waals surface area contributed by atoms with Gasteiger partial charge in [-0.05, 0) is 12.5 Å². The molecule has 5 heteroatoms. The average Bonchev–Trinajstić information content (AvgIpc) is 2.81. The molecule has 2 rings (SSSR count). The summed E-state index contributed by atoms with van der Waals surface area (Å²) >= 11 is 0. The largest absolute Gasteiger partial charge is 0.475 e.